The van der Waals surface area contributed by atoms with Gasteiger partial charge in [0.2, 0.25) is 5.91 Å². The number of carbonyl (C=O) groups is 1. The molecule has 0 N–H and O–H groups in total. The molecule has 2 fully saturated rings. The van der Waals surface area contributed by atoms with Crippen molar-refractivity contribution in [2.45, 2.75) is 31.3 Å². The molecule has 4 heteroatoms. The Morgan fingerprint density at radius 3 is 2.78 bits per heavy atom. The first kappa shape index (κ1) is 11.7. The van der Waals surface area contributed by atoms with Crippen LogP contribution in [0.4, 0.5) is 4.39 Å². The van der Waals surface area contributed by atoms with Crippen LogP contribution in [0.5, 0.6) is 0 Å². The van der Waals surface area contributed by atoms with Crippen molar-refractivity contribution in [3.8, 4) is 0 Å². The standard InChI is InChI=1S/C14H16FNO2/c15-11-6-4-10(5-7-11)13-9-18-8-12-2-1-3-14(17)16(12)13/h4-7,12-13H,1-3,8-9H2/t12-,13+/m1/s1. The summed E-state index contributed by atoms with van der Waals surface area (Å²) in [6, 6.07) is 6.49. The van der Waals surface area contributed by atoms with Crippen LogP contribution in [0.25, 0.3) is 0 Å². The summed E-state index contributed by atoms with van der Waals surface area (Å²) >= 11 is 0. The molecule has 2 aliphatic heterocycles. The monoisotopic (exact) mass is 249 g/mol. The van der Waals surface area contributed by atoms with Gasteiger partial charge in [-0.15, -0.1) is 0 Å². The number of morpholine rings is 1. The van der Waals surface area contributed by atoms with Crippen molar-refractivity contribution in [3.63, 3.8) is 0 Å². The van der Waals surface area contributed by atoms with Crippen LogP contribution in [0.3, 0.4) is 0 Å². The molecule has 2 atom stereocenters. The maximum absolute atomic E-state index is 13.0. The summed E-state index contributed by atoms with van der Waals surface area (Å²) in [5.74, 6) is -0.0547. The minimum Gasteiger partial charge on any atom is -0.377 e. The zero-order valence-electron chi connectivity index (χ0n) is 10.1. The second-order valence-corrected chi connectivity index (χ2v) is 4.95. The lowest BCUT2D eigenvalue weighted by Crippen LogP contribution is -2.52. The average Bonchev–Trinajstić information content (AvgIpc) is 2.39. The molecule has 96 valence electrons. The molecule has 0 aromatic heterocycles. The molecule has 1 amide bonds. The summed E-state index contributed by atoms with van der Waals surface area (Å²) in [6.07, 6.45) is 2.57. The molecule has 18 heavy (non-hydrogen) atoms. The SMILES string of the molecule is O=C1CCC[C@@H]2COC[C@@H](c3ccc(F)cc3)N12. The second-order valence-electron chi connectivity index (χ2n) is 4.95. The number of ether oxygens (including phenoxy) is 1. The van der Waals surface area contributed by atoms with Gasteiger partial charge in [-0.2, -0.15) is 0 Å². The summed E-state index contributed by atoms with van der Waals surface area (Å²) in [5, 5.41) is 0. The van der Waals surface area contributed by atoms with Gasteiger partial charge in [0.25, 0.3) is 0 Å². The van der Waals surface area contributed by atoms with E-state index < -0.39 is 0 Å². The normalized spacial score (nSPS) is 28.1. The van der Waals surface area contributed by atoms with Gasteiger partial charge < -0.3 is 9.64 Å². The smallest absolute Gasteiger partial charge is 0.223 e. The molecule has 0 unspecified atom stereocenters. The van der Waals surface area contributed by atoms with Crippen LogP contribution in [-0.2, 0) is 9.53 Å². The third-order valence-corrected chi connectivity index (χ3v) is 3.79. The number of carbonyl (C=O) groups excluding carboxylic acids is 1. The fraction of sp³-hybridized carbons (Fsp3) is 0.500. The van der Waals surface area contributed by atoms with Gasteiger partial charge in [-0.05, 0) is 30.5 Å². The highest BCUT2D eigenvalue weighted by Gasteiger charge is 2.37. The number of benzene rings is 1. The van der Waals surface area contributed by atoms with Crippen LogP contribution in [-0.4, -0.2) is 30.1 Å². The maximum atomic E-state index is 13.0. The minimum absolute atomic E-state index is 0.0582. The van der Waals surface area contributed by atoms with Crippen molar-refractivity contribution < 1.29 is 13.9 Å². The predicted octanol–water partition coefficient (Wildman–Crippen LogP) is 2.28. The van der Waals surface area contributed by atoms with Gasteiger partial charge in [-0.25, -0.2) is 4.39 Å². The minimum atomic E-state index is -0.253. The lowest BCUT2D eigenvalue weighted by Gasteiger charge is -2.44. The van der Waals surface area contributed by atoms with E-state index in [0.29, 0.717) is 19.6 Å². The molecule has 0 bridgehead atoms. The van der Waals surface area contributed by atoms with Crippen LogP contribution in [0.1, 0.15) is 30.9 Å². The van der Waals surface area contributed by atoms with E-state index in [1.54, 1.807) is 12.1 Å². The van der Waals surface area contributed by atoms with E-state index in [1.165, 1.54) is 12.1 Å². The summed E-state index contributed by atoms with van der Waals surface area (Å²) < 4.78 is 18.5. The average molecular weight is 249 g/mol. The number of nitrogens with zero attached hydrogens (tertiary/aromatic N) is 1. The van der Waals surface area contributed by atoms with E-state index in [-0.39, 0.29) is 23.8 Å². The van der Waals surface area contributed by atoms with Crippen molar-refractivity contribution >= 4 is 5.91 Å². The molecule has 0 spiro atoms. The summed E-state index contributed by atoms with van der Waals surface area (Å²) in [4.78, 5) is 14.0. The van der Waals surface area contributed by atoms with Crippen LogP contribution in [0, 0.1) is 5.82 Å². The summed E-state index contributed by atoms with van der Waals surface area (Å²) in [6.45, 7) is 1.14. The molecular weight excluding hydrogens is 233 g/mol. The van der Waals surface area contributed by atoms with Crippen LogP contribution >= 0.6 is 0 Å². The molecule has 0 saturated carbocycles. The Kier molecular flexibility index (Phi) is 3.04. The first-order valence-electron chi connectivity index (χ1n) is 6.40. The van der Waals surface area contributed by atoms with E-state index >= 15 is 0 Å². The number of fused-ring (bicyclic) bond motifs is 1. The Bertz CT molecular complexity index is 444. The number of piperidine rings is 1. The quantitative estimate of drug-likeness (QED) is 0.764. The fourth-order valence-electron chi connectivity index (χ4n) is 2.89. The van der Waals surface area contributed by atoms with Gasteiger partial charge in [-0.3, -0.25) is 4.79 Å². The van der Waals surface area contributed by atoms with Crippen molar-refractivity contribution in [2.24, 2.45) is 0 Å². The van der Waals surface area contributed by atoms with Crippen molar-refractivity contribution in [3.05, 3.63) is 35.6 Å². The Hall–Kier alpha value is -1.42. The Balaban J connectivity index is 1.89. The highest BCUT2D eigenvalue weighted by Crippen LogP contribution is 2.33. The van der Waals surface area contributed by atoms with E-state index in [0.717, 1.165) is 18.4 Å². The number of hydrogen-bond acceptors (Lipinski definition) is 2. The third-order valence-electron chi connectivity index (χ3n) is 3.79. The lowest BCUT2D eigenvalue weighted by atomic mass is 9.95. The number of hydrogen-bond donors (Lipinski definition) is 0. The van der Waals surface area contributed by atoms with Gasteiger partial charge in [0.15, 0.2) is 0 Å². The third kappa shape index (κ3) is 2.01. The largest absolute Gasteiger partial charge is 0.377 e. The van der Waals surface area contributed by atoms with Crippen LogP contribution in [0.2, 0.25) is 0 Å². The molecule has 2 saturated heterocycles. The van der Waals surface area contributed by atoms with Gasteiger partial charge >= 0.3 is 0 Å². The van der Waals surface area contributed by atoms with Crippen molar-refractivity contribution in [1.29, 1.82) is 0 Å². The highest BCUT2D eigenvalue weighted by atomic mass is 19.1. The number of rotatable bonds is 1. The van der Waals surface area contributed by atoms with E-state index in [1.807, 2.05) is 4.90 Å². The van der Waals surface area contributed by atoms with E-state index in [4.69, 9.17) is 4.74 Å². The maximum Gasteiger partial charge on any atom is 0.223 e. The van der Waals surface area contributed by atoms with Gasteiger partial charge in [0, 0.05) is 6.42 Å². The Labute approximate surface area is 106 Å². The summed E-state index contributed by atoms with van der Waals surface area (Å²) in [5.41, 5.74) is 0.955. The zero-order valence-corrected chi connectivity index (χ0v) is 10.1. The zero-order chi connectivity index (χ0) is 12.5. The molecule has 3 nitrogen and oxygen atoms in total. The van der Waals surface area contributed by atoms with Crippen LogP contribution in [0.15, 0.2) is 24.3 Å². The topological polar surface area (TPSA) is 29.5 Å². The Morgan fingerprint density at radius 1 is 1.22 bits per heavy atom. The van der Waals surface area contributed by atoms with Crippen molar-refractivity contribution in [1.82, 2.24) is 4.90 Å². The van der Waals surface area contributed by atoms with Gasteiger partial charge in [-0.1, -0.05) is 12.1 Å². The molecule has 2 aliphatic rings. The fourth-order valence-corrected chi connectivity index (χ4v) is 2.89. The molecule has 3 rings (SSSR count). The molecule has 1 aromatic rings. The van der Waals surface area contributed by atoms with Gasteiger partial charge in [0.1, 0.15) is 5.82 Å². The van der Waals surface area contributed by atoms with E-state index in [2.05, 4.69) is 0 Å². The lowest BCUT2D eigenvalue weighted by molar-refractivity contribution is -0.151. The van der Waals surface area contributed by atoms with Gasteiger partial charge in [0.05, 0.1) is 25.3 Å². The molecule has 0 aliphatic carbocycles. The predicted molar refractivity (Wildman–Crippen MR) is 64.4 cm³/mol. The highest BCUT2D eigenvalue weighted by molar-refractivity contribution is 5.78. The second kappa shape index (κ2) is 4.69. The molecule has 2 heterocycles. The molecule has 0 radical (unpaired) electrons. The number of halogens is 1. The molecule has 1 aromatic carbocycles. The van der Waals surface area contributed by atoms with Crippen LogP contribution < -0.4 is 0 Å². The number of amides is 1. The first-order chi connectivity index (χ1) is 8.75. The molecular formula is C14H16FNO2. The summed E-state index contributed by atoms with van der Waals surface area (Å²) in [7, 11) is 0. The van der Waals surface area contributed by atoms with Crippen molar-refractivity contribution in [2.75, 3.05) is 13.2 Å². The first-order valence-corrected chi connectivity index (χ1v) is 6.40. The Morgan fingerprint density at radius 2 is 2.00 bits per heavy atom. The van der Waals surface area contributed by atoms with E-state index in [9.17, 15) is 9.18 Å².